The SMILES string of the molecule is CC(C)(C)C1CCC(Oc2ccc3cc(CN4CCN5CC(C(=O)O)CCC5C4)ccc3c2)CC1. The van der Waals surface area contributed by atoms with Crippen LogP contribution in [0.5, 0.6) is 5.75 Å². The zero-order valence-electron chi connectivity index (χ0n) is 21.7. The Morgan fingerprint density at radius 3 is 2.43 bits per heavy atom. The van der Waals surface area contributed by atoms with Gasteiger partial charge in [0.15, 0.2) is 0 Å². The van der Waals surface area contributed by atoms with Gasteiger partial charge in [0.2, 0.25) is 0 Å². The zero-order valence-corrected chi connectivity index (χ0v) is 21.7. The van der Waals surface area contributed by atoms with E-state index in [1.165, 1.54) is 29.2 Å². The molecule has 2 aromatic rings. The van der Waals surface area contributed by atoms with Crippen LogP contribution < -0.4 is 4.74 Å². The predicted octanol–water partition coefficient (Wildman–Crippen LogP) is 5.80. The van der Waals surface area contributed by atoms with Crippen molar-refractivity contribution in [1.82, 2.24) is 9.80 Å². The molecule has 1 saturated carbocycles. The average molecular weight is 479 g/mol. The molecule has 2 atom stereocenters. The maximum absolute atomic E-state index is 11.4. The fourth-order valence-corrected chi connectivity index (χ4v) is 6.53. The van der Waals surface area contributed by atoms with E-state index in [1.54, 1.807) is 0 Å². The van der Waals surface area contributed by atoms with E-state index in [0.29, 0.717) is 24.1 Å². The number of carboxylic acids is 1. The van der Waals surface area contributed by atoms with Crippen LogP contribution in [-0.4, -0.2) is 59.2 Å². The van der Waals surface area contributed by atoms with Crippen molar-refractivity contribution in [2.24, 2.45) is 17.3 Å². The number of nitrogens with zero attached hydrogens (tertiary/aromatic N) is 2. The highest BCUT2D eigenvalue weighted by Gasteiger charge is 2.35. The number of hydrogen-bond donors (Lipinski definition) is 1. The Kier molecular flexibility index (Phi) is 7.09. The van der Waals surface area contributed by atoms with Gasteiger partial charge in [0, 0.05) is 38.8 Å². The van der Waals surface area contributed by atoms with Crippen LogP contribution in [-0.2, 0) is 11.3 Å². The quantitative estimate of drug-likeness (QED) is 0.588. The minimum atomic E-state index is -0.636. The maximum Gasteiger partial charge on any atom is 0.307 e. The number of piperidine rings is 1. The Labute approximate surface area is 210 Å². The number of carboxylic acid groups (broad SMARTS) is 1. The molecule has 190 valence electrons. The molecule has 5 heteroatoms. The normalized spacial score (nSPS) is 28.5. The van der Waals surface area contributed by atoms with Crippen molar-refractivity contribution in [2.45, 2.75) is 78.0 Å². The topological polar surface area (TPSA) is 53.0 Å². The van der Waals surface area contributed by atoms with Crippen LogP contribution in [0.2, 0.25) is 0 Å². The first-order valence-electron chi connectivity index (χ1n) is 13.6. The second-order valence-corrected chi connectivity index (χ2v) is 12.3. The molecule has 2 unspecified atom stereocenters. The zero-order chi connectivity index (χ0) is 24.6. The van der Waals surface area contributed by atoms with Crippen LogP contribution in [0.25, 0.3) is 10.8 Å². The lowest BCUT2D eigenvalue weighted by molar-refractivity contribution is -0.144. The molecule has 1 aliphatic carbocycles. The third kappa shape index (κ3) is 5.83. The number of ether oxygens (including phenoxy) is 1. The molecule has 0 amide bonds. The molecule has 0 radical (unpaired) electrons. The summed E-state index contributed by atoms with van der Waals surface area (Å²) in [6.45, 7) is 11.8. The molecule has 35 heavy (non-hydrogen) atoms. The van der Waals surface area contributed by atoms with Gasteiger partial charge in [-0.1, -0.05) is 39.0 Å². The van der Waals surface area contributed by atoms with Gasteiger partial charge in [-0.05, 0) is 84.4 Å². The lowest BCUT2D eigenvalue weighted by Gasteiger charge is -2.45. The smallest absolute Gasteiger partial charge is 0.307 e. The number of benzene rings is 2. The van der Waals surface area contributed by atoms with Gasteiger partial charge in [0.05, 0.1) is 12.0 Å². The minimum absolute atomic E-state index is 0.189. The molecule has 2 aliphatic heterocycles. The lowest BCUT2D eigenvalue weighted by atomic mass is 9.72. The van der Waals surface area contributed by atoms with Gasteiger partial charge < -0.3 is 9.84 Å². The van der Waals surface area contributed by atoms with Crippen molar-refractivity contribution in [3.8, 4) is 5.75 Å². The Morgan fingerprint density at radius 2 is 1.69 bits per heavy atom. The highest BCUT2D eigenvalue weighted by Crippen LogP contribution is 2.39. The Balaban J connectivity index is 1.16. The highest BCUT2D eigenvalue weighted by molar-refractivity contribution is 5.84. The van der Waals surface area contributed by atoms with E-state index in [4.69, 9.17) is 4.74 Å². The lowest BCUT2D eigenvalue weighted by Crippen LogP contribution is -2.56. The van der Waals surface area contributed by atoms with E-state index in [-0.39, 0.29) is 5.92 Å². The Bertz CT molecular complexity index is 1040. The van der Waals surface area contributed by atoms with E-state index >= 15 is 0 Å². The molecule has 3 aliphatic rings. The first-order chi connectivity index (χ1) is 16.7. The van der Waals surface area contributed by atoms with Crippen LogP contribution in [0.1, 0.15) is 64.9 Å². The van der Waals surface area contributed by atoms with Gasteiger partial charge in [0.1, 0.15) is 5.75 Å². The molecule has 2 saturated heterocycles. The van der Waals surface area contributed by atoms with Gasteiger partial charge in [-0.15, -0.1) is 0 Å². The largest absolute Gasteiger partial charge is 0.490 e. The van der Waals surface area contributed by atoms with E-state index < -0.39 is 5.97 Å². The molecular formula is C30H42N2O3. The van der Waals surface area contributed by atoms with Crippen molar-refractivity contribution in [2.75, 3.05) is 26.2 Å². The second kappa shape index (κ2) is 10.1. The van der Waals surface area contributed by atoms with Gasteiger partial charge in [0.25, 0.3) is 0 Å². The number of fused-ring (bicyclic) bond motifs is 2. The number of piperazine rings is 1. The summed E-state index contributed by atoms with van der Waals surface area (Å²) in [5, 5.41) is 11.9. The summed E-state index contributed by atoms with van der Waals surface area (Å²) in [7, 11) is 0. The van der Waals surface area contributed by atoms with Crippen molar-refractivity contribution < 1.29 is 14.6 Å². The summed E-state index contributed by atoms with van der Waals surface area (Å²) >= 11 is 0. The monoisotopic (exact) mass is 478 g/mol. The number of aliphatic carboxylic acids is 1. The van der Waals surface area contributed by atoms with Gasteiger partial charge >= 0.3 is 5.97 Å². The molecule has 1 N–H and O–H groups in total. The van der Waals surface area contributed by atoms with Crippen molar-refractivity contribution in [3.63, 3.8) is 0 Å². The molecule has 5 nitrogen and oxygen atoms in total. The van der Waals surface area contributed by atoms with Crippen LogP contribution >= 0.6 is 0 Å². The summed E-state index contributed by atoms with van der Waals surface area (Å²) < 4.78 is 6.40. The van der Waals surface area contributed by atoms with E-state index in [0.717, 1.165) is 63.5 Å². The third-order valence-corrected chi connectivity index (χ3v) is 8.83. The number of rotatable bonds is 5. The van der Waals surface area contributed by atoms with E-state index in [1.807, 2.05) is 0 Å². The fourth-order valence-electron chi connectivity index (χ4n) is 6.53. The number of hydrogen-bond acceptors (Lipinski definition) is 4. The van der Waals surface area contributed by atoms with E-state index in [9.17, 15) is 9.90 Å². The summed E-state index contributed by atoms with van der Waals surface area (Å²) in [5.41, 5.74) is 1.75. The highest BCUT2D eigenvalue weighted by atomic mass is 16.5. The molecule has 3 fully saturated rings. The Hall–Kier alpha value is -2.11. The molecule has 2 aromatic carbocycles. The van der Waals surface area contributed by atoms with Crippen LogP contribution in [0.3, 0.4) is 0 Å². The standard InChI is InChI=1S/C30H42N2O3/c1-30(2,3)25-8-12-27(13-9-25)35-28-11-7-22-16-21(4-5-23(22)17-28)18-31-14-15-32-19-24(29(33)34)6-10-26(32)20-31/h4-5,7,11,16-17,24-27H,6,8-10,12-15,18-20H2,1-3H3,(H,33,34). The minimum Gasteiger partial charge on any atom is -0.490 e. The van der Waals surface area contributed by atoms with Gasteiger partial charge in [-0.3, -0.25) is 14.6 Å². The van der Waals surface area contributed by atoms with Crippen molar-refractivity contribution >= 4 is 16.7 Å². The van der Waals surface area contributed by atoms with Gasteiger partial charge in [-0.2, -0.15) is 0 Å². The Morgan fingerprint density at radius 1 is 0.943 bits per heavy atom. The second-order valence-electron chi connectivity index (χ2n) is 12.3. The first kappa shape index (κ1) is 24.6. The molecule has 0 bridgehead atoms. The third-order valence-electron chi connectivity index (χ3n) is 8.83. The number of carbonyl (C=O) groups is 1. The van der Waals surface area contributed by atoms with E-state index in [2.05, 4.69) is 67.0 Å². The van der Waals surface area contributed by atoms with Crippen LogP contribution in [0.15, 0.2) is 36.4 Å². The van der Waals surface area contributed by atoms with Crippen molar-refractivity contribution in [3.05, 3.63) is 42.0 Å². The van der Waals surface area contributed by atoms with Crippen LogP contribution in [0.4, 0.5) is 0 Å². The van der Waals surface area contributed by atoms with Crippen molar-refractivity contribution in [1.29, 1.82) is 0 Å². The summed E-state index contributed by atoms with van der Waals surface area (Å²) in [5.74, 6) is 0.979. The molecular weight excluding hydrogens is 436 g/mol. The first-order valence-corrected chi connectivity index (χ1v) is 13.6. The molecule has 5 rings (SSSR count). The summed E-state index contributed by atoms with van der Waals surface area (Å²) in [4.78, 5) is 16.3. The summed E-state index contributed by atoms with van der Waals surface area (Å²) in [6.07, 6.45) is 6.98. The van der Waals surface area contributed by atoms with Crippen LogP contribution in [0, 0.1) is 17.3 Å². The average Bonchev–Trinajstić information content (AvgIpc) is 2.83. The fraction of sp³-hybridized carbons (Fsp3) is 0.633. The van der Waals surface area contributed by atoms with Gasteiger partial charge in [-0.25, -0.2) is 0 Å². The predicted molar refractivity (Wildman–Crippen MR) is 141 cm³/mol. The molecule has 2 heterocycles. The molecule has 0 aromatic heterocycles. The molecule has 0 spiro atoms. The maximum atomic E-state index is 11.4. The summed E-state index contributed by atoms with van der Waals surface area (Å²) in [6, 6.07) is 13.9.